The summed E-state index contributed by atoms with van der Waals surface area (Å²) in [6.07, 6.45) is 2.74. The Morgan fingerprint density at radius 2 is 2.26 bits per heavy atom. The number of nitrogens with one attached hydrogen (secondary N) is 1. The highest BCUT2D eigenvalue weighted by Gasteiger charge is 2.33. The third-order valence-corrected chi connectivity index (χ3v) is 4.54. The van der Waals surface area contributed by atoms with E-state index in [0.717, 1.165) is 24.3 Å². The van der Waals surface area contributed by atoms with Gasteiger partial charge in [0.15, 0.2) is 0 Å². The van der Waals surface area contributed by atoms with Crippen molar-refractivity contribution in [2.24, 2.45) is 5.92 Å². The Kier molecular flexibility index (Phi) is 3.76. The minimum absolute atomic E-state index is 0.730. The van der Waals surface area contributed by atoms with Crippen LogP contribution in [-0.4, -0.2) is 37.7 Å². The van der Waals surface area contributed by atoms with Gasteiger partial charge in [0.1, 0.15) is 5.75 Å². The Morgan fingerprint density at radius 3 is 3.00 bits per heavy atom. The highest BCUT2D eigenvalue weighted by Crippen LogP contribution is 2.27. The number of ether oxygens (including phenoxy) is 1. The Labute approximate surface area is 115 Å². The van der Waals surface area contributed by atoms with Gasteiger partial charge in [0, 0.05) is 25.7 Å². The van der Waals surface area contributed by atoms with Crippen molar-refractivity contribution in [3.8, 4) is 5.75 Å². The van der Waals surface area contributed by atoms with E-state index in [-0.39, 0.29) is 0 Å². The summed E-state index contributed by atoms with van der Waals surface area (Å²) in [6, 6.07) is 7.27. The van der Waals surface area contributed by atoms with Gasteiger partial charge in [-0.15, -0.1) is 0 Å². The molecule has 3 rings (SSSR count). The zero-order chi connectivity index (χ0) is 13.2. The zero-order valence-corrected chi connectivity index (χ0v) is 12.0. The molecule has 0 unspecified atom stereocenters. The quantitative estimate of drug-likeness (QED) is 0.901. The molecule has 0 bridgehead atoms. The smallest absolute Gasteiger partial charge is 0.121 e. The van der Waals surface area contributed by atoms with Crippen LogP contribution in [0.1, 0.15) is 24.0 Å². The van der Waals surface area contributed by atoms with E-state index in [4.69, 9.17) is 4.74 Å². The summed E-state index contributed by atoms with van der Waals surface area (Å²) in [5, 5.41) is 3.66. The standard InChI is InChI=1S/C16H24N2O/c1-12-8-13(5-6-16(12)19-2)9-18-10-14-4-3-7-17-15(14)11-18/h5-6,8,14-15,17H,3-4,7,9-11H2,1-2H3/t14-,15+/m0/s1. The van der Waals surface area contributed by atoms with Crippen LogP contribution < -0.4 is 10.1 Å². The van der Waals surface area contributed by atoms with Crippen molar-refractivity contribution in [2.75, 3.05) is 26.7 Å². The molecule has 0 aromatic heterocycles. The topological polar surface area (TPSA) is 24.5 Å². The Balaban J connectivity index is 1.64. The van der Waals surface area contributed by atoms with E-state index in [1.54, 1.807) is 7.11 Å². The first-order valence-electron chi connectivity index (χ1n) is 7.35. The fourth-order valence-electron chi connectivity index (χ4n) is 3.56. The van der Waals surface area contributed by atoms with Crippen molar-refractivity contribution in [1.29, 1.82) is 0 Å². The van der Waals surface area contributed by atoms with Crippen molar-refractivity contribution in [3.05, 3.63) is 29.3 Å². The molecule has 3 heteroatoms. The number of hydrogen-bond acceptors (Lipinski definition) is 3. The van der Waals surface area contributed by atoms with Gasteiger partial charge >= 0.3 is 0 Å². The summed E-state index contributed by atoms with van der Waals surface area (Å²) in [5.41, 5.74) is 2.63. The zero-order valence-electron chi connectivity index (χ0n) is 12.0. The van der Waals surface area contributed by atoms with E-state index < -0.39 is 0 Å². The van der Waals surface area contributed by atoms with Gasteiger partial charge in [0.05, 0.1) is 7.11 Å². The average molecular weight is 260 g/mol. The predicted molar refractivity (Wildman–Crippen MR) is 77.5 cm³/mol. The Bertz CT molecular complexity index is 432. The molecule has 0 amide bonds. The van der Waals surface area contributed by atoms with E-state index in [0.29, 0.717) is 0 Å². The average Bonchev–Trinajstić information content (AvgIpc) is 2.81. The molecule has 0 radical (unpaired) electrons. The fraction of sp³-hybridized carbons (Fsp3) is 0.625. The van der Waals surface area contributed by atoms with E-state index >= 15 is 0 Å². The van der Waals surface area contributed by atoms with E-state index in [2.05, 4.69) is 35.3 Å². The molecule has 2 aliphatic heterocycles. The van der Waals surface area contributed by atoms with Crippen LogP contribution in [0.4, 0.5) is 0 Å². The molecular formula is C16H24N2O. The normalized spacial score (nSPS) is 27.3. The van der Waals surface area contributed by atoms with Gasteiger partial charge in [-0.3, -0.25) is 4.90 Å². The van der Waals surface area contributed by atoms with Gasteiger partial charge in [-0.1, -0.05) is 12.1 Å². The van der Waals surface area contributed by atoms with Gasteiger partial charge < -0.3 is 10.1 Å². The number of methoxy groups -OCH3 is 1. The maximum atomic E-state index is 5.32. The molecular weight excluding hydrogens is 236 g/mol. The van der Waals surface area contributed by atoms with Crippen LogP contribution >= 0.6 is 0 Å². The molecule has 0 aliphatic carbocycles. The van der Waals surface area contributed by atoms with Crippen LogP contribution in [0, 0.1) is 12.8 Å². The Hall–Kier alpha value is -1.06. The van der Waals surface area contributed by atoms with E-state index in [1.165, 1.54) is 43.6 Å². The van der Waals surface area contributed by atoms with Crippen LogP contribution in [-0.2, 0) is 6.54 Å². The van der Waals surface area contributed by atoms with Crippen molar-refractivity contribution in [2.45, 2.75) is 32.4 Å². The number of rotatable bonds is 3. The molecule has 3 nitrogen and oxygen atoms in total. The first-order valence-corrected chi connectivity index (χ1v) is 7.35. The van der Waals surface area contributed by atoms with Gasteiger partial charge in [-0.2, -0.15) is 0 Å². The largest absolute Gasteiger partial charge is 0.496 e. The van der Waals surface area contributed by atoms with Crippen LogP contribution in [0.3, 0.4) is 0 Å². The minimum Gasteiger partial charge on any atom is -0.496 e. The number of likely N-dealkylation sites (tertiary alicyclic amines) is 1. The molecule has 104 valence electrons. The molecule has 2 atom stereocenters. The summed E-state index contributed by atoms with van der Waals surface area (Å²) in [4.78, 5) is 2.59. The van der Waals surface area contributed by atoms with Crippen LogP contribution in [0.25, 0.3) is 0 Å². The fourth-order valence-corrected chi connectivity index (χ4v) is 3.56. The van der Waals surface area contributed by atoms with Crippen molar-refractivity contribution < 1.29 is 4.74 Å². The molecule has 2 heterocycles. The first-order chi connectivity index (χ1) is 9.26. The van der Waals surface area contributed by atoms with Gasteiger partial charge in [0.2, 0.25) is 0 Å². The van der Waals surface area contributed by atoms with Crippen LogP contribution in [0.2, 0.25) is 0 Å². The van der Waals surface area contributed by atoms with Crippen molar-refractivity contribution in [3.63, 3.8) is 0 Å². The number of nitrogens with zero attached hydrogens (tertiary/aromatic N) is 1. The molecule has 1 N–H and O–H groups in total. The lowest BCUT2D eigenvalue weighted by atomic mass is 9.94. The molecule has 0 saturated carbocycles. The van der Waals surface area contributed by atoms with Crippen molar-refractivity contribution in [1.82, 2.24) is 10.2 Å². The molecule has 1 aromatic carbocycles. The monoisotopic (exact) mass is 260 g/mol. The van der Waals surface area contributed by atoms with Gasteiger partial charge in [0.25, 0.3) is 0 Å². The maximum absolute atomic E-state index is 5.32. The first kappa shape index (κ1) is 12.9. The second kappa shape index (κ2) is 5.51. The molecule has 19 heavy (non-hydrogen) atoms. The number of hydrogen-bond donors (Lipinski definition) is 1. The molecule has 2 saturated heterocycles. The predicted octanol–water partition coefficient (Wildman–Crippen LogP) is 2.19. The summed E-state index contributed by atoms with van der Waals surface area (Å²) in [5.74, 6) is 1.86. The molecule has 2 fully saturated rings. The second-order valence-corrected chi connectivity index (χ2v) is 5.96. The van der Waals surface area contributed by atoms with E-state index in [1.807, 2.05) is 0 Å². The summed E-state index contributed by atoms with van der Waals surface area (Å²) >= 11 is 0. The summed E-state index contributed by atoms with van der Waals surface area (Å²) in [6.45, 7) is 6.85. The Morgan fingerprint density at radius 1 is 1.37 bits per heavy atom. The number of aryl methyl sites for hydroxylation is 1. The molecule has 0 spiro atoms. The van der Waals surface area contributed by atoms with Gasteiger partial charge in [-0.05, 0) is 49.4 Å². The molecule has 2 aliphatic rings. The molecule has 1 aromatic rings. The van der Waals surface area contributed by atoms with Crippen molar-refractivity contribution >= 4 is 0 Å². The lowest BCUT2D eigenvalue weighted by Crippen LogP contribution is -2.40. The van der Waals surface area contributed by atoms with E-state index in [9.17, 15) is 0 Å². The summed E-state index contributed by atoms with van der Waals surface area (Å²) < 4.78 is 5.32. The highest BCUT2D eigenvalue weighted by atomic mass is 16.5. The minimum atomic E-state index is 0.730. The number of fused-ring (bicyclic) bond motifs is 1. The second-order valence-electron chi connectivity index (χ2n) is 5.96. The number of piperidine rings is 1. The maximum Gasteiger partial charge on any atom is 0.121 e. The highest BCUT2D eigenvalue weighted by molar-refractivity contribution is 5.36. The van der Waals surface area contributed by atoms with Crippen LogP contribution in [0.15, 0.2) is 18.2 Å². The summed E-state index contributed by atoms with van der Waals surface area (Å²) in [7, 11) is 1.73. The third kappa shape index (κ3) is 2.77. The lowest BCUT2D eigenvalue weighted by Gasteiger charge is -2.24. The third-order valence-electron chi connectivity index (χ3n) is 4.54. The van der Waals surface area contributed by atoms with Crippen LogP contribution in [0.5, 0.6) is 5.75 Å². The SMILES string of the molecule is COc1ccc(CN2C[C@@H]3CCCN[C@@H]3C2)cc1C. The number of benzene rings is 1. The van der Waals surface area contributed by atoms with Gasteiger partial charge in [-0.25, -0.2) is 0 Å². The lowest BCUT2D eigenvalue weighted by molar-refractivity contribution is 0.312.